The summed E-state index contributed by atoms with van der Waals surface area (Å²) in [6, 6.07) is 12.2. The summed E-state index contributed by atoms with van der Waals surface area (Å²) < 4.78 is 6.05. The standard InChI is InChI=1S/C28H34N4O5/c1-17(37-16-19-10-8-18(9-11-19)14-25(30)34)22(12-13-24(29)33)31-28(36)23-15-21-6-2-4-20-5-3-7-26(35)32(23)27(20)21/h2,4,6,8-11,17,22-23H,3,5,7,12-16H2,1H3,(H2,29,33)(H2,30,34)(H,31,36)/t17-,22+,23+/m1/s1. The van der Waals surface area contributed by atoms with Crippen molar-refractivity contribution in [2.45, 2.75) is 76.7 Å². The summed E-state index contributed by atoms with van der Waals surface area (Å²) in [5.41, 5.74) is 15.3. The van der Waals surface area contributed by atoms with Gasteiger partial charge in [0, 0.05) is 19.3 Å². The van der Waals surface area contributed by atoms with E-state index in [1.807, 2.05) is 49.4 Å². The van der Waals surface area contributed by atoms with Gasteiger partial charge >= 0.3 is 0 Å². The highest BCUT2D eigenvalue weighted by Crippen LogP contribution is 2.39. The summed E-state index contributed by atoms with van der Waals surface area (Å²) in [6.07, 6.45) is 2.59. The number of amides is 4. The van der Waals surface area contributed by atoms with E-state index in [0.29, 0.717) is 19.3 Å². The quantitative estimate of drug-likeness (QED) is 0.424. The van der Waals surface area contributed by atoms with Crippen LogP contribution in [0.2, 0.25) is 0 Å². The lowest BCUT2D eigenvalue weighted by atomic mass is 10.0. The van der Waals surface area contributed by atoms with Gasteiger partial charge in [-0.15, -0.1) is 0 Å². The highest BCUT2D eigenvalue weighted by molar-refractivity contribution is 6.04. The third-order valence-corrected chi connectivity index (χ3v) is 7.09. The van der Waals surface area contributed by atoms with Crippen LogP contribution in [0.1, 0.15) is 54.9 Å². The summed E-state index contributed by atoms with van der Waals surface area (Å²) in [5.74, 6) is -1.16. The zero-order valence-corrected chi connectivity index (χ0v) is 21.1. The van der Waals surface area contributed by atoms with Crippen molar-refractivity contribution >= 4 is 29.3 Å². The van der Waals surface area contributed by atoms with Gasteiger partial charge in [-0.3, -0.25) is 24.1 Å². The Morgan fingerprint density at radius 3 is 2.43 bits per heavy atom. The maximum Gasteiger partial charge on any atom is 0.243 e. The van der Waals surface area contributed by atoms with Crippen LogP contribution < -0.4 is 21.7 Å². The molecular formula is C28H34N4O5. The lowest BCUT2D eigenvalue weighted by molar-refractivity contribution is -0.128. The first-order valence-corrected chi connectivity index (χ1v) is 12.7. The Bertz CT molecular complexity index is 1180. The van der Waals surface area contributed by atoms with Crippen LogP contribution in [-0.4, -0.2) is 41.8 Å². The molecule has 2 aliphatic rings. The molecule has 37 heavy (non-hydrogen) atoms. The van der Waals surface area contributed by atoms with Crippen molar-refractivity contribution in [1.82, 2.24) is 5.32 Å². The molecule has 0 bridgehead atoms. The fourth-order valence-corrected chi connectivity index (χ4v) is 5.13. The number of anilines is 1. The summed E-state index contributed by atoms with van der Waals surface area (Å²) in [5, 5.41) is 3.05. The molecule has 0 radical (unpaired) electrons. The maximum absolute atomic E-state index is 13.5. The Morgan fingerprint density at radius 1 is 1.03 bits per heavy atom. The van der Waals surface area contributed by atoms with E-state index in [1.54, 1.807) is 4.90 Å². The monoisotopic (exact) mass is 506 g/mol. The summed E-state index contributed by atoms with van der Waals surface area (Å²) in [4.78, 5) is 50.8. The molecule has 9 heteroatoms. The number of nitrogens with two attached hydrogens (primary N) is 2. The van der Waals surface area contributed by atoms with E-state index in [2.05, 4.69) is 5.32 Å². The fourth-order valence-electron chi connectivity index (χ4n) is 5.13. The molecule has 0 saturated carbocycles. The number of carbonyl (C=O) groups is 4. The number of para-hydroxylation sites is 1. The van der Waals surface area contributed by atoms with E-state index < -0.39 is 30.0 Å². The normalized spacial score (nSPS) is 18.0. The van der Waals surface area contributed by atoms with Crippen LogP contribution in [0.3, 0.4) is 0 Å². The second-order valence-electron chi connectivity index (χ2n) is 9.86. The molecule has 0 spiro atoms. The number of primary amides is 2. The highest BCUT2D eigenvalue weighted by atomic mass is 16.5. The first kappa shape index (κ1) is 26.3. The molecule has 4 amide bonds. The first-order valence-electron chi connectivity index (χ1n) is 12.7. The molecule has 2 aliphatic heterocycles. The molecule has 4 rings (SSSR count). The fraction of sp³-hybridized carbons (Fsp3) is 0.429. The third-order valence-electron chi connectivity index (χ3n) is 7.09. The molecule has 0 aromatic heterocycles. The molecule has 0 unspecified atom stereocenters. The molecule has 3 atom stereocenters. The van der Waals surface area contributed by atoms with Gasteiger partial charge in [-0.2, -0.15) is 0 Å². The van der Waals surface area contributed by atoms with Crippen LogP contribution in [0.25, 0.3) is 0 Å². The SMILES string of the molecule is C[C@@H](OCc1ccc(CC(N)=O)cc1)[C@H](CCC(N)=O)NC(=O)[C@@H]1Cc2cccc3c2N1C(=O)CCC3. The second kappa shape index (κ2) is 11.6. The zero-order valence-electron chi connectivity index (χ0n) is 21.1. The number of ether oxygens (including phenoxy) is 1. The van der Waals surface area contributed by atoms with Crippen LogP contribution in [0.4, 0.5) is 5.69 Å². The molecule has 196 valence electrons. The lowest BCUT2D eigenvalue weighted by Crippen LogP contribution is -2.53. The number of nitrogens with one attached hydrogen (secondary N) is 1. The Balaban J connectivity index is 1.44. The minimum Gasteiger partial charge on any atom is -0.372 e. The van der Waals surface area contributed by atoms with E-state index in [9.17, 15) is 19.2 Å². The van der Waals surface area contributed by atoms with E-state index in [-0.39, 0.29) is 31.3 Å². The number of benzene rings is 2. The number of hydrogen-bond acceptors (Lipinski definition) is 5. The zero-order chi connectivity index (χ0) is 26.5. The van der Waals surface area contributed by atoms with Crippen molar-refractivity contribution in [3.63, 3.8) is 0 Å². The van der Waals surface area contributed by atoms with Gasteiger partial charge in [0.25, 0.3) is 0 Å². The number of nitrogens with zero attached hydrogens (tertiary/aromatic N) is 1. The summed E-state index contributed by atoms with van der Waals surface area (Å²) >= 11 is 0. The van der Waals surface area contributed by atoms with Crippen molar-refractivity contribution < 1.29 is 23.9 Å². The predicted octanol–water partition coefficient (Wildman–Crippen LogP) is 1.66. The third kappa shape index (κ3) is 6.35. The molecular weight excluding hydrogens is 472 g/mol. The minimum absolute atomic E-state index is 0.0402. The van der Waals surface area contributed by atoms with Crippen LogP contribution >= 0.6 is 0 Å². The van der Waals surface area contributed by atoms with E-state index in [4.69, 9.17) is 16.2 Å². The molecule has 9 nitrogen and oxygen atoms in total. The Kier molecular flexibility index (Phi) is 8.23. The first-order chi connectivity index (χ1) is 17.7. The average Bonchev–Trinajstić information content (AvgIpc) is 3.17. The van der Waals surface area contributed by atoms with Crippen LogP contribution in [0.15, 0.2) is 42.5 Å². The molecule has 5 N–H and O–H groups in total. The van der Waals surface area contributed by atoms with Crippen molar-refractivity contribution in [1.29, 1.82) is 0 Å². The minimum atomic E-state index is -0.636. The molecule has 0 fully saturated rings. The van der Waals surface area contributed by atoms with Crippen LogP contribution in [0.5, 0.6) is 0 Å². The van der Waals surface area contributed by atoms with Gasteiger partial charge in [0.1, 0.15) is 6.04 Å². The molecule has 2 aromatic rings. The van der Waals surface area contributed by atoms with Gasteiger partial charge < -0.3 is 21.5 Å². The lowest BCUT2D eigenvalue weighted by Gasteiger charge is -2.29. The Morgan fingerprint density at radius 2 is 1.73 bits per heavy atom. The average molecular weight is 507 g/mol. The number of hydrogen-bond donors (Lipinski definition) is 3. The van der Waals surface area contributed by atoms with E-state index in [0.717, 1.165) is 40.8 Å². The Labute approximate surface area is 216 Å². The molecule has 2 aromatic carbocycles. The maximum atomic E-state index is 13.5. The van der Waals surface area contributed by atoms with Crippen LogP contribution in [-0.2, 0) is 49.8 Å². The van der Waals surface area contributed by atoms with Crippen molar-refractivity contribution in [3.05, 3.63) is 64.7 Å². The summed E-state index contributed by atoms with van der Waals surface area (Å²) in [7, 11) is 0. The molecule has 0 aliphatic carbocycles. The van der Waals surface area contributed by atoms with Gasteiger partial charge in [-0.25, -0.2) is 0 Å². The van der Waals surface area contributed by atoms with E-state index in [1.165, 1.54) is 0 Å². The number of carbonyl (C=O) groups excluding carboxylic acids is 4. The van der Waals surface area contributed by atoms with Crippen molar-refractivity contribution in [2.75, 3.05) is 4.90 Å². The van der Waals surface area contributed by atoms with E-state index >= 15 is 0 Å². The second-order valence-corrected chi connectivity index (χ2v) is 9.86. The van der Waals surface area contributed by atoms with Crippen molar-refractivity contribution in [3.8, 4) is 0 Å². The van der Waals surface area contributed by atoms with Gasteiger partial charge in [-0.1, -0.05) is 42.5 Å². The predicted molar refractivity (Wildman–Crippen MR) is 138 cm³/mol. The van der Waals surface area contributed by atoms with Crippen LogP contribution in [0, 0.1) is 0 Å². The Hall–Kier alpha value is -3.72. The largest absolute Gasteiger partial charge is 0.372 e. The molecule has 2 heterocycles. The highest BCUT2D eigenvalue weighted by Gasteiger charge is 2.41. The van der Waals surface area contributed by atoms with Crippen molar-refractivity contribution in [2.24, 2.45) is 11.5 Å². The smallest absolute Gasteiger partial charge is 0.243 e. The van der Waals surface area contributed by atoms with Gasteiger partial charge in [0.05, 0.1) is 30.9 Å². The summed E-state index contributed by atoms with van der Waals surface area (Å²) in [6.45, 7) is 2.12. The van der Waals surface area contributed by atoms with Gasteiger partial charge in [0.2, 0.25) is 23.6 Å². The molecule has 0 saturated heterocycles. The van der Waals surface area contributed by atoms with Gasteiger partial charge in [-0.05, 0) is 48.4 Å². The number of rotatable bonds is 11. The number of aryl methyl sites for hydroxylation is 1. The van der Waals surface area contributed by atoms with Gasteiger partial charge in [0.15, 0.2) is 0 Å². The topological polar surface area (TPSA) is 145 Å².